The van der Waals surface area contributed by atoms with Gasteiger partial charge in [0.25, 0.3) is 0 Å². The number of aliphatic hydroxyl groups is 1. The standard InChI is InChI=1S/CH2OS2.Pd/c2-1(3)4;/h(H2,2,3,4);. The smallest absolute Gasteiger partial charge is 0.214 e. The minimum absolute atomic E-state index is 0. The van der Waals surface area contributed by atoms with E-state index in [1.165, 1.54) is 0 Å². The fraction of sp³-hybridized carbons (Fsp3) is 0. The van der Waals surface area contributed by atoms with Crippen molar-refractivity contribution in [3.63, 3.8) is 0 Å². The molecule has 0 aromatic rings. The summed E-state index contributed by atoms with van der Waals surface area (Å²) in [7, 11) is 0. The van der Waals surface area contributed by atoms with Gasteiger partial charge < -0.3 is 5.11 Å². The van der Waals surface area contributed by atoms with E-state index in [0.717, 1.165) is 0 Å². The Balaban J connectivity index is 0. The zero-order valence-electron chi connectivity index (χ0n) is 2.12. The minimum Gasteiger partial charge on any atom is -0.494 e. The first-order valence-corrected chi connectivity index (χ1v) is 1.51. The van der Waals surface area contributed by atoms with Crippen molar-refractivity contribution in [1.29, 1.82) is 0 Å². The molecule has 0 saturated heterocycles. The van der Waals surface area contributed by atoms with Crippen molar-refractivity contribution in [2.24, 2.45) is 0 Å². The van der Waals surface area contributed by atoms with Crippen LogP contribution in [0.5, 0.6) is 0 Å². The van der Waals surface area contributed by atoms with E-state index >= 15 is 0 Å². The van der Waals surface area contributed by atoms with Gasteiger partial charge in [0.05, 0.1) is 0 Å². The SMILES string of the molecule is OC(=S)S.[Pd]. The maximum atomic E-state index is 7.65. The molecule has 0 amide bonds. The second kappa shape index (κ2) is 4.90. The van der Waals surface area contributed by atoms with Crippen molar-refractivity contribution < 1.29 is 25.5 Å². The molecule has 0 saturated carbocycles. The van der Waals surface area contributed by atoms with Crippen molar-refractivity contribution in [2.75, 3.05) is 0 Å². The van der Waals surface area contributed by atoms with E-state index in [9.17, 15) is 0 Å². The zero-order chi connectivity index (χ0) is 3.58. The van der Waals surface area contributed by atoms with Crippen molar-refractivity contribution >= 4 is 29.2 Å². The molecule has 0 aliphatic heterocycles. The third-order valence-corrected chi connectivity index (χ3v) is 0. The molecular weight excluding hydrogens is 199 g/mol. The largest absolute Gasteiger partial charge is 0.494 e. The van der Waals surface area contributed by atoms with Crippen LogP contribution in [-0.2, 0) is 20.4 Å². The number of thiocarbonyl (C=S) groups is 1. The van der Waals surface area contributed by atoms with Gasteiger partial charge >= 0.3 is 0 Å². The summed E-state index contributed by atoms with van der Waals surface area (Å²) in [6, 6.07) is 0. The average Bonchev–Trinajstić information content (AvgIpc) is 0.811. The molecule has 5 heavy (non-hydrogen) atoms. The van der Waals surface area contributed by atoms with Gasteiger partial charge in [-0.05, 0) is 12.2 Å². The van der Waals surface area contributed by atoms with E-state index in [2.05, 4.69) is 24.8 Å². The van der Waals surface area contributed by atoms with Crippen LogP contribution in [0.2, 0.25) is 0 Å². The molecule has 0 bridgehead atoms. The Morgan fingerprint density at radius 2 is 1.80 bits per heavy atom. The zero-order valence-corrected chi connectivity index (χ0v) is 5.38. The molecule has 0 rings (SSSR count). The maximum Gasteiger partial charge on any atom is 0.214 e. The van der Waals surface area contributed by atoms with Crippen molar-refractivity contribution in [1.82, 2.24) is 0 Å². The molecule has 0 heterocycles. The summed E-state index contributed by atoms with van der Waals surface area (Å²) in [4.78, 5) is 0. The van der Waals surface area contributed by atoms with Crippen molar-refractivity contribution in [3.05, 3.63) is 0 Å². The molecule has 0 radical (unpaired) electrons. The summed E-state index contributed by atoms with van der Waals surface area (Å²) in [6.07, 6.45) is 0. The van der Waals surface area contributed by atoms with E-state index in [1.54, 1.807) is 0 Å². The number of rotatable bonds is 0. The predicted molar refractivity (Wildman–Crippen MR) is 24.2 cm³/mol. The molecule has 0 aliphatic rings. The van der Waals surface area contributed by atoms with Crippen LogP contribution in [0.15, 0.2) is 0 Å². The summed E-state index contributed by atoms with van der Waals surface area (Å²) in [6.45, 7) is 0. The van der Waals surface area contributed by atoms with Gasteiger partial charge in [-0.15, -0.1) is 0 Å². The van der Waals surface area contributed by atoms with Crippen LogP contribution < -0.4 is 0 Å². The van der Waals surface area contributed by atoms with Crippen LogP contribution in [0.4, 0.5) is 0 Å². The van der Waals surface area contributed by atoms with Crippen molar-refractivity contribution in [2.45, 2.75) is 0 Å². The van der Waals surface area contributed by atoms with Crippen LogP contribution in [-0.4, -0.2) is 9.49 Å². The first-order chi connectivity index (χ1) is 1.73. The van der Waals surface area contributed by atoms with Crippen LogP contribution in [0.25, 0.3) is 0 Å². The Kier molecular flexibility index (Phi) is 9.13. The average molecular weight is 201 g/mol. The summed E-state index contributed by atoms with van der Waals surface area (Å²) < 4.78 is -0.306. The fourth-order valence-electron chi connectivity index (χ4n) is 0. The topological polar surface area (TPSA) is 20.2 Å². The summed E-state index contributed by atoms with van der Waals surface area (Å²) >= 11 is 7.21. The Labute approximate surface area is 54.8 Å². The molecule has 0 atom stereocenters. The molecular formula is CH2OPdS2. The quantitative estimate of drug-likeness (QED) is 0.342. The van der Waals surface area contributed by atoms with Crippen LogP contribution >= 0.6 is 24.8 Å². The van der Waals surface area contributed by atoms with E-state index < -0.39 is 0 Å². The van der Waals surface area contributed by atoms with Gasteiger partial charge in [-0.25, -0.2) is 0 Å². The molecule has 1 nitrogen and oxygen atoms in total. The molecule has 0 spiro atoms. The molecule has 0 fully saturated rings. The number of aliphatic hydroxyl groups excluding tert-OH is 1. The Morgan fingerprint density at radius 3 is 1.80 bits per heavy atom. The maximum absolute atomic E-state index is 7.65. The first-order valence-electron chi connectivity index (χ1n) is 0.651. The van der Waals surface area contributed by atoms with Gasteiger partial charge in [0, 0.05) is 20.4 Å². The minimum atomic E-state index is -0.306. The van der Waals surface area contributed by atoms with Gasteiger partial charge in [0.15, 0.2) is 0 Å². The molecule has 1 N–H and O–H groups in total. The normalized spacial score (nSPS) is 5.00. The first kappa shape index (κ1) is 9.31. The third kappa shape index (κ3) is 50.7. The summed E-state index contributed by atoms with van der Waals surface area (Å²) in [5.74, 6) is 0. The van der Waals surface area contributed by atoms with Gasteiger partial charge in [-0.3, -0.25) is 0 Å². The van der Waals surface area contributed by atoms with Gasteiger partial charge in [-0.2, -0.15) is 0 Å². The van der Waals surface area contributed by atoms with Gasteiger partial charge in [-0.1, -0.05) is 12.6 Å². The molecule has 34 valence electrons. The van der Waals surface area contributed by atoms with Crippen LogP contribution in [0.3, 0.4) is 0 Å². The molecule has 4 heteroatoms. The van der Waals surface area contributed by atoms with Crippen LogP contribution in [0.1, 0.15) is 0 Å². The number of hydrogen-bond donors (Lipinski definition) is 2. The number of thiol groups is 1. The second-order valence-corrected chi connectivity index (χ2v) is 1.40. The van der Waals surface area contributed by atoms with E-state index in [4.69, 9.17) is 5.11 Å². The van der Waals surface area contributed by atoms with E-state index in [-0.39, 0.29) is 24.8 Å². The van der Waals surface area contributed by atoms with Crippen LogP contribution in [0, 0.1) is 0 Å². The summed E-state index contributed by atoms with van der Waals surface area (Å²) in [5, 5.41) is 7.65. The molecule has 0 aliphatic carbocycles. The summed E-state index contributed by atoms with van der Waals surface area (Å²) in [5.41, 5.74) is 0. The monoisotopic (exact) mass is 200 g/mol. The molecule has 0 aromatic carbocycles. The Bertz CT molecular complexity index is 32.6. The fourth-order valence-corrected chi connectivity index (χ4v) is 0. The predicted octanol–water partition coefficient (Wildman–Crippen LogP) is 0.757. The second-order valence-electron chi connectivity index (χ2n) is 0.283. The van der Waals surface area contributed by atoms with E-state index in [0.29, 0.717) is 0 Å². The van der Waals surface area contributed by atoms with E-state index in [1.807, 2.05) is 0 Å². The van der Waals surface area contributed by atoms with Crippen molar-refractivity contribution in [3.8, 4) is 0 Å². The molecule has 0 unspecified atom stereocenters. The van der Waals surface area contributed by atoms with Gasteiger partial charge in [0.1, 0.15) is 0 Å². The number of hydrogen-bond acceptors (Lipinski definition) is 1. The Hall–Kier alpha value is 0.902. The molecule has 0 aromatic heterocycles. The van der Waals surface area contributed by atoms with Gasteiger partial charge in [0.2, 0.25) is 4.38 Å². The third-order valence-electron chi connectivity index (χ3n) is 0. The Morgan fingerprint density at radius 1 is 1.80 bits per heavy atom.